The van der Waals surface area contributed by atoms with E-state index in [9.17, 15) is 29.1 Å². The van der Waals surface area contributed by atoms with Crippen molar-refractivity contribution in [2.75, 3.05) is 25.1 Å². The van der Waals surface area contributed by atoms with Gasteiger partial charge in [0.2, 0.25) is 17.7 Å². The fourth-order valence-corrected chi connectivity index (χ4v) is 4.76. The summed E-state index contributed by atoms with van der Waals surface area (Å²) < 4.78 is 9.80. The number of anilines is 1. The Balaban J connectivity index is 1.78. The van der Waals surface area contributed by atoms with Gasteiger partial charge in [-0.15, -0.1) is 0 Å². The number of para-hydroxylation sites is 1. The average molecular weight is 677 g/mol. The first-order valence-corrected chi connectivity index (χ1v) is 15.9. The molecule has 0 saturated heterocycles. The Morgan fingerprint density at radius 3 is 2.20 bits per heavy atom. The van der Waals surface area contributed by atoms with Crippen LogP contribution in [-0.2, 0) is 36.9 Å². The maximum atomic E-state index is 13.9. The number of alkyl carbamates (subject to hydrolysis) is 2. The van der Waals surface area contributed by atoms with Crippen molar-refractivity contribution in [1.29, 1.82) is 0 Å². The highest BCUT2D eigenvalue weighted by molar-refractivity contribution is 5.99. The van der Waals surface area contributed by atoms with E-state index in [1.54, 1.807) is 30.5 Å². The van der Waals surface area contributed by atoms with Crippen molar-refractivity contribution in [3.8, 4) is 0 Å². The number of benzene rings is 2. The predicted octanol–water partition coefficient (Wildman–Crippen LogP) is 3.19. The lowest BCUT2D eigenvalue weighted by atomic mass is 10.0. The zero-order valence-electron chi connectivity index (χ0n) is 27.5. The van der Waals surface area contributed by atoms with Crippen molar-refractivity contribution in [3.63, 3.8) is 0 Å². The molecule has 0 bridgehead atoms. The Hall–Kier alpha value is -5.63. The lowest BCUT2D eigenvalue weighted by Gasteiger charge is -2.24. The highest BCUT2D eigenvalue weighted by Gasteiger charge is 2.29. The Labute approximate surface area is 284 Å². The molecule has 0 spiro atoms. The maximum Gasteiger partial charge on any atom is 0.408 e. The number of hydrogen-bond acceptors (Lipinski definition) is 8. The Kier molecular flexibility index (Phi) is 15.4. The van der Waals surface area contributed by atoms with Crippen LogP contribution in [0.5, 0.6) is 0 Å². The normalized spacial score (nSPS) is 12.4. The average Bonchev–Trinajstić information content (AvgIpc) is 3.51. The number of aromatic amines is 1. The monoisotopic (exact) mass is 676 g/mol. The van der Waals surface area contributed by atoms with E-state index in [-0.39, 0.29) is 39.2 Å². The van der Waals surface area contributed by atoms with Crippen molar-refractivity contribution in [3.05, 3.63) is 91.2 Å². The number of ether oxygens (including phenoxy) is 2. The fourth-order valence-electron chi connectivity index (χ4n) is 4.76. The number of aliphatic hydroxyl groups excluding tert-OH is 1. The Bertz CT molecular complexity index is 1590. The first-order chi connectivity index (χ1) is 23.6. The summed E-state index contributed by atoms with van der Waals surface area (Å²) in [5, 5.41) is 23.5. The number of rotatable bonds is 19. The summed E-state index contributed by atoms with van der Waals surface area (Å²) in [4.78, 5) is 67.6. The third-order valence-electron chi connectivity index (χ3n) is 7.35. The van der Waals surface area contributed by atoms with E-state index < -0.39 is 48.0 Å². The lowest BCUT2D eigenvalue weighted by molar-refractivity contribution is -0.131. The number of fused-ring (bicyclic) bond motifs is 1. The molecule has 0 aliphatic rings. The maximum absolute atomic E-state index is 13.9. The zero-order chi connectivity index (χ0) is 35.6. The van der Waals surface area contributed by atoms with Crippen molar-refractivity contribution in [1.82, 2.24) is 26.3 Å². The van der Waals surface area contributed by atoms with Crippen LogP contribution < -0.4 is 26.6 Å². The summed E-state index contributed by atoms with van der Waals surface area (Å²) in [5.41, 5.74) is 2.71. The number of unbranched alkanes of at least 4 members (excludes halogenated alkanes) is 1. The summed E-state index contributed by atoms with van der Waals surface area (Å²) in [7, 11) is 0. The smallest absolute Gasteiger partial charge is 0.408 e. The molecule has 1 heterocycles. The fraction of sp³-hybridized carbons (Fsp3) is 0.343. The summed E-state index contributed by atoms with van der Waals surface area (Å²) in [6, 6.07) is 10.9. The van der Waals surface area contributed by atoms with Crippen LogP contribution in [0, 0.1) is 0 Å². The van der Waals surface area contributed by atoms with Gasteiger partial charge in [-0.2, -0.15) is 0 Å². The van der Waals surface area contributed by atoms with E-state index in [1.807, 2.05) is 24.3 Å². The third kappa shape index (κ3) is 12.5. The topological polar surface area (TPSA) is 200 Å². The van der Waals surface area contributed by atoms with Crippen LogP contribution in [0.25, 0.3) is 10.9 Å². The number of hydrogen-bond donors (Lipinski definition) is 7. The zero-order valence-corrected chi connectivity index (χ0v) is 27.5. The van der Waals surface area contributed by atoms with Crippen molar-refractivity contribution in [2.45, 2.75) is 57.3 Å². The lowest BCUT2D eigenvalue weighted by Crippen LogP contribution is -2.56. The van der Waals surface area contributed by atoms with Gasteiger partial charge >= 0.3 is 12.2 Å². The first kappa shape index (κ1) is 37.8. The molecule has 0 saturated carbocycles. The van der Waals surface area contributed by atoms with E-state index in [4.69, 9.17) is 9.47 Å². The van der Waals surface area contributed by atoms with Crippen LogP contribution in [0.1, 0.15) is 37.3 Å². The predicted molar refractivity (Wildman–Crippen MR) is 184 cm³/mol. The molecule has 5 amide bonds. The van der Waals surface area contributed by atoms with E-state index in [2.05, 4.69) is 44.7 Å². The van der Waals surface area contributed by atoms with Gasteiger partial charge in [-0.1, -0.05) is 55.6 Å². The van der Waals surface area contributed by atoms with Gasteiger partial charge in [0.15, 0.2) is 0 Å². The Morgan fingerprint density at radius 1 is 0.837 bits per heavy atom. The Morgan fingerprint density at radius 2 is 1.51 bits per heavy atom. The number of carbonyl (C=O) groups is 5. The molecule has 49 heavy (non-hydrogen) atoms. The summed E-state index contributed by atoms with van der Waals surface area (Å²) in [6.45, 7) is 8.57. The molecule has 0 aliphatic heterocycles. The molecule has 262 valence electrons. The molecule has 0 aliphatic carbocycles. The number of amides is 5. The van der Waals surface area contributed by atoms with Gasteiger partial charge in [0.1, 0.15) is 31.3 Å². The van der Waals surface area contributed by atoms with E-state index in [0.29, 0.717) is 24.1 Å². The van der Waals surface area contributed by atoms with Crippen molar-refractivity contribution >= 4 is 46.5 Å². The largest absolute Gasteiger partial charge is 0.445 e. The molecule has 0 radical (unpaired) electrons. The van der Waals surface area contributed by atoms with Crippen molar-refractivity contribution < 1.29 is 38.6 Å². The molecule has 14 nitrogen and oxygen atoms in total. The molecular formula is C35H44N6O8. The summed E-state index contributed by atoms with van der Waals surface area (Å²) in [6.07, 6.45) is 4.36. The van der Waals surface area contributed by atoms with E-state index in [1.165, 1.54) is 19.1 Å². The number of H-pyrrole nitrogens is 1. The number of aliphatic hydroxyl groups is 1. The molecule has 3 aromatic rings. The molecule has 7 N–H and O–H groups in total. The van der Waals surface area contributed by atoms with Gasteiger partial charge in [0, 0.05) is 35.8 Å². The molecular weight excluding hydrogens is 632 g/mol. The van der Waals surface area contributed by atoms with Crippen LogP contribution in [0.15, 0.2) is 80.0 Å². The molecule has 1 aromatic heterocycles. The quantitative estimate of drug-likeness (QED) is 0.0741. The molecule has 2 aromatic carbocycles. The summed E-state index contributed by atoms with van der Waals surface area (Å²) in [5.74, 6) is -1.77. The molecule has 0 fully saturated rings. The molecule has 0 unspecified atom stereocenters. The third-order valence-corrected chi connectivity index (χ3v) is 7.35. The van der Waals surface area contributed by atoms with Crippen LogP contribution >= 0.6 is 0 Å². The van der Waals surface area contributed by atoms with Crippen LogP contribution in [0.4, 0.5) is 15.3 Å². The van der Waals surface area contributed by atoms with E-state index in [0.717, 1.165) is 16.5 Å². The number of aromatic nitrogens is 1. The highest BCUT2D eigenvalue weighted by atomic mass is 16.6. The number of nitrogens with one attached hydrogen (secondary N) is 6. The second-order valence-corrected chi connectivity index (χ2v) is 11.1. The SMILES string of the molecule is C=CCOC(=O)NCCCC[C@H](NC(=O)[C@H](Cc1c[nH]c2ccccc12)NC(=O)[C@@H](C)NC(=O)OCC=C)C(=O)Nc1ccc(CO)cc1. The van der Waals surface area contributed by atoms with E-state index >= 15 is 0 Å². The van der Waals surface area contributed by atoms with Gasteiger partial charge in [0.25, 0.3) is 0 Å². The highest BCUT2D eigenvalue weighted by Crippen LogP contribution is 2.20. The van der Waals surface area contributed by atoms with Gasteiger partial charge in [-0.05, 0) is 55.5 Å². The second kappa shape index (κ2) is 19.9. The summed E-state index contributed by atoms with van der Waals surface area (Å²) >= 11 is 0. The standard InChI is InChI=1S/C35H44N6O8/c1-4-18-48-34(46)36-17-9-8-12-29(32(44)39-26-15-13-24(22-42)14-16-26)40-33(45)30(20-25-21-37-28-11-7-6-10-27(25)28)41-31(43)23(3)38-35(47)49-19-5-2/h4-7,10-11,13-16,21,23,29-30,37,42H,1-2,8-9,12,17-20,22H2,3H3,(H,36,46)(H,38,47)(H,39,44)(H,40,45)(H,41,43)/t23-,29+,30+/m1/s1. The van der Waals surface area contributed by atoms with Gasteiger partial charge in [-0.25, -0.2) is 9.59 Å². The molecule has 14 heteroatoms. The van der Waals surface area contributed by atoms with Gasteiger partial charge in [-0.3, -0.25) is 14.4 Å². The second-order valence-electron chi connectivity index (χ2n) is 11.1. The minimum atomic E-state index is -1.14. The van der Waals surface area contributed by atoms with Crippen LogP contribution in [0.2, 0.25) is 0 Å². The minimum Gasteiger partial charge on any atom is -0.445 e. The number of carbonyl (C=O) groups excluding carboxylic acids is 5. The van der Waals surface area contributed by atoms with Crippen LogP contribution in [-0.4, -0.2) is 77.9 Å². The van der Waals surface area contributed by atoms with Gasteiger partial charge < -0.3 is 46.1 Å². The molecule has 3 rings (SSSR count). The molecule has 3 atom stereocenters. The van der Waals surface area contributed by atoms with Gasteiger partial charge in [0.05, 0.1) is 6.61 Å². The van der Waals surface area contributed by atoms with Crippen molar-refractivity contribution in [2.24, 2.45) is 0 Å². The van der Waals surface area contributed by atoms with Crippen LogP contribution in [0.3, 0.4) is 0 Å². The minimum absolute atomic E-state index is 0.0454. The first-order valence-electron chi connectivity index (χ1n) is 15.9.